The molecule has 3 rings (SSSR count). The number of benzene rings is 3. The van der Waals surface area contributed by atoms with Crippen LogP contribution in [0, 0.1) is 0 Å². The second-order valence-electron chi connectivity index (χ2n) is 8.15. The van der Waals surface area contributed by atoms with Gasteiger partial charge in [0, 0.05) is 16.9 Å². The summed E-state index contributed by atoms with van der Waals surface area (Å²) in [5, 5.41) is 7.42. The van der Waals surface area contributed by atoms with Crippen LogP contribution < -0.4 is 26.4 Å². The van der Waals surface area contributed by atoms with Gasteiger partial charge in [0.2, 0.25) is 0 Å². The van der Waals surface area contributed by atoms with Gasteiger partial charge in [0.25, 0.3) is 0 Å². The van der Waals surface area contributed by atoms with Gasteiger partial charge in [-0.15, -0.1) is 13.2 Å². The highest BCUT2D eigenvalue weighted by Crippen LogP contribution is 2.25. The number of aliphatic imine (C=N–C) groups is 2. The van der Waals surface area contributed by atoms with Crippen molar-refractivity contribution < 1.29 is 27.5 Å². The summed E-state index contributed by atoms with van der Waals surface area (Å²) in [6.07, 6.45) is -3.61. The molecule has 0 saturated heterocycles. The van der Waals surface area contributed by atoms with E-state index >= 15 is 0 Å². The van der Waals surface area contributed by atoms with Crippen molar-refractivity contribution in [3.63, 3.8) is 0 Å². The quantitative estimate of drug-likeness (QED) is 0.218. The Kier molecular flexibility index (Phi) is 9.04. The summed E-state index contributed by atoms with van der Waals surface area (Å²) in [5.41, 5.74) is 8.77. The fourth-order valence-corrected chi connectivity index (χ4v) is 3.22. The Morgan fingerprint density at radius 2 is 1.55 bits per heavy atom. The Hall–Kier alpha value is -4.87. The number of carbonyl (C=O) groups is 2. The van der Waals surface area contributed by atoms with Crippen molar-refractivity contribution in [1.82, 2.24) is 5.32 Å². The predicted octanol–water partition coefficient (Wildman–Crippen LogP) is 6.13. The number of amidine groups is 1. The molecule has 0 saturated carbocycles. The number of carbonyl (C=O) groups excluding carboxylic acids is 2. The molecule has 9 nitrogen and oxygen atoms in total. The van der Waals surface area contributed by atoms with Crippen molar-refractivity contribution in [2.75, 3.05) is 10.6 Å². The maximum Gasteiger partial charge on any atom is 0.573 e. The van der Waals surface area contributed by atoms with Crippen LogP contribution in [0.5, 0.6) is 5.75 Å². The SMILES string of the molecule is CC(C)c1ccccc1NC(=O)NC(=O)Nc1ccc(C(N)=NC=Nc2ccc(OC(F)(F)F)cc2)cc1. The van der Waals surface area contributed by atoms with Crippen LogP contribution in [0.15, 0.2) is 82.8 Å². The fourth-order valence-electron chi connectivity index (χ4n) is 3.22. The van der Waals surface area contributed by atoms with Crippen LogP contribution in [-0.2, 0) is 0 Å². The van der Waals surface area contributed by atoms with Crippen LogP contribution >= 0.6 is 0 Å². The number of ether oxygens (including phenoxy) is 1. The average molecular weight is 527 g/mol. The van der Waals surface area contributed by atoms with Gasteiger partial charge in [0.15, 0.2) is 0 Å². The number of urea groups is 2. The van der Waals surface area contributed by atoms with E-state index in [2.05, 4.69) is 30.7 Å². The van der Waals surface area contributed by atoms with Crippen molar-refractivity contribution in [2.45, 2.75) is 26.1 Å². The van der Waals surface area contributed by atoms with Crippen molar-refractivity contribution in [2.24, 2.45) is 15.7 Å². The fraction of sp³-hybridized carbons (Fsp3) is 0.154. The number of nitrogens with two attached hydrogens (primary N) is 1. The first-order valence-corrected chi connectivity index (χ1v) is 11.3. The van der Waals surface area contributed by atoms with E-state index in [9.17, 15) is 22.8 Å². The summed E-state index contributed by atoms with van der Waals surface area (Å²) in [5.74, 6) is -0.0571. The van der Waals surface area contributed by atoms with Crippen molar-refractivity contribution in [3.05, 3.63) is 83.9 Å². The molecule has 0 fully saturated rings. The Balaban J connectivity index is 1.52. The average Bonchev–Trinajstić information content (AvgIpc) is 2.84. The summed E-state index contributed by atoms with van der Waals surface area (Å²) in [6.45, 7) is 4.00. The van der Waals surface area contributed by atoms with E-state index < -0.39 is 18.4 Å². The van der Waals surface area contributed by atoms with E-state index in [1.165, 1.54) is 12.1 Å². The van der Waals surface area contributed by atoms with Crippen LogP contribution in [0.2, 0.25) is 0 Å². The molecule has 4 amide bonds. The van der Waals surface area contributed by atoms with Gasteiger partial charge in [0.1, 0.15) is 17.9 Å². The molecule has 0 radical (unpaired) electrons. The molecule has 5 N–H and O–H groups in total. The molecule has 0 aliphatic heterocycles. The van der Waals surface area contributed by atoms with Gasteiger partial charge in [-0.25, -0.2) is 19.6 Å². The first-order chi connectivity index (χ1) is 18.0. The molecule has 3 aromatic carbocycles. The lowest BCUT2D eigenvalue weighted by molar-refractivity contribution is -0.274. The van der Waals surface area contributed by atoms with Gasteiger partial charge in [-0.1, -0.05) is 32.0 Å². The largest absolute Gasteiger partial charge is 0.573 e. The van der Waals surface area contributed by atoms with E-state index in [1.54, 1.807) is 36.4 Å². The van der Waals surface area contributed by atoms with Crippen LogP contribution in [0.4, 0.5) is 39.8 Å². The lowest BCUT2D eigenvalue weighted by atomic mass is 10.0. The maximum atomic E-state index is 12.2. The van der Waals surface area contributed by atoms with Gasteiger partial charge in [0.05, 0.1) is 5.69 Å². The summed E-state index contributed by atoms with van der Waals surface area (Å²) in [6, 6.07) is 17.2. The number of amides is 4. The minimum Gasteiger partial charge on any atom is -0.406 e. The lowest BCUT2D eigenvalue weighted by Crippen LogP contribution is -2.37. The molecule has 0 aliphatic rings. The summed E-state index contributed by atoms with van der Waals surface area (Å²) >= 11 is 0. The number of nitrogens with one attached hydrogen (secondary N) is 3. The smallest absolute Gasteiger partial charge is 0.406 e. The molecule has 0 aliphatic carbocycles. The van der Waals surface area contributed by atoms with Gasteiger partial charge in [-0.3, -0.25) is 5.32 Å². The number of hydrogen-bond acceptors (Lipinski definition) is 4. The zero-order valence-electron chi connectivity index (χ0n) is 20.4. The number of para-hydroxylation sites is 1. The topological polar surface area (TPSA) is 130 Å². The number of alkyl halides is 3. The van der Waals surface area contributed by atoms with E-state index in [0.29, 0.717) is 22.6 Å². The van der Waals surface area contributed by atoms with Gasteiger partial charge in [-0.2, -0.15) is 0 Å². The summed E-state index contributed by atoms with van der Waals surface area (Å²) < 4.78 is 40.4. The first-order valence-electron chi connectivity index (χ1n) is 11.3. The molecule has 0 spiro atoms. The lowest BCUT2D eigenvalue weighted by Gasteiger charge is -2.14. The standard InChI is InChI=1S/C26H25F3N6O3/c1-16(2)21-5-3-4-6-22(21)34-25(37)35-24(36)33-19-9-7-17(8-10-19)23(30)32-15-31-18-11-13-20(14-12-18)38-26(27,28)29/h3-16H,1-2H3,(H2,30,31,32)(H3,33,34,35,36,37). The molecule has 12 heteroatoms. The van der Waals surface area contributed by atoms with Crippen molar-refractivity contribution in [3.8, 4) is 5.75 Å². The van der Waals surface area contributed by atoms with Gasteiger partial charge < -0.3 is 21.1 Å². The number of anilines is 2. The normalized spacial score (nSPS) is 11.9. The molecular formula is C26H25F3N6O3. The first kappa shape index (κ1) is 27.7. The monoisotopic (exact) mass is 526 g/mol. The van der Waals surface area contributed by atoms with Gasteiger partial charge >= 0.3 is 18.4 Å². The summed E-state index contributed by atoms with van der Waals surface area (Å²) in [4.78, 5) is 32.4. The van der Waals surface area contributed by atoms with Crippen LogP contribution in [0.25, 0.3) is 0 Å². The molecule has 0 unspecified atom stereocenters. The van der Waals surface area contributed by atoms with E-state index in [0.717, 1.165) is 24.0 Å². The third-order valence-corrected chi connectivity index (χ3v) is 4.97. The number of imide groups is 1. The molecule has 38 heavy (non-hydrogen) atoms. The minimum atomic E-state index is -4.77. The second-order valence-corrected chi connectivity index (χ2v) is 8.15. The molecule has 0 heterocycles. The highest BCUT2D eigenvalue weighted by molar-refractivity contribution is 6.06. The Morgan fingerprint density at radius 1 is 0.921 bits per heavy atom. The molecule has 0 bridgehead atoms. The van der Waals surface area contributed by atoms with Crippen molar-refractivity contribution in [1.29, 1.82) is 0 Å². The number of rotatable bonds is 7. The zero-order chi connectivity index (χ0) is 27.7. The second kappa shape index (κ2) is 12.4. The Labute approximate surface area is 216 Å². The molecule has 0 aromatic heterocycles. The van der Waals surface area contributed by atoms with Gasteiger partial charge in [-0.05, 0) is 66.1 Å². The van der Waals surface area contributed by atoms with Crippen LogP contribution in [0.1, 0.15) is 30.9 Å². The Morgan fingerprint density at radius 3 is 2.18 bits per heavy atom. The summed E-state index contributed by atoms with van der Waals surface area (Å²) in [7, 11) is 0. The maximum absolute atomic E-state index is 12.2. The molecule has 198 valence electrons. The van der Waals surface area contributed by atoms with Crippen molar-refractivity contribution >= 4 is 41.3 Å². The van der Waals surface area contributed by atoms with Crippen LogP contribution in [0.3, 0.4) is 0 Å². The van der Waals surface area contributed by atoms with E-state index in [4.69, 9.17) is 5.73 Å². The third kappa shape index (κ3) is 8.66. The third-order valence-electron chi connectivity index (χ3n) is 4.97. The number of hydrogen-bond donors (Lipinski definition) is 4. The predicted molar refractivity (Wildman–Crippen MR) is 140 cm³/mol. The minimum absolute atomic E-state index is 0.116. The zero-order valence-corrected chi connectivity index (χ0v) is 20.4. The van der Waals surface area contributed by atoms with Crippen LogP contribution in [-0.4, -0.2) is 30.6 Å². The molecule has 0 atom stereocenters. The van der Waals surface area contributed by atoms with E-state index in [-0.39, 0.29) is 17.5 Å². The number of halogens is 3. The Bertz CT molecular complexity index is 1320. The number of nitrogens with zero attached hydrogens (tertiary/aromatic N) is 2. The van der Waals surface area contributed by atoms with E-state index in [1.807, 2.05) is 26.0 Å². The highest BCUT2D eigenvalue weighted by atomic mass is 19.4. The highest BCUT2D eigenvalue weighted by Gasteiger charge is 2.30. The molecule has 3 aromatic rings. The molecular weight excluding hydrogens is 501 g/mol.